The van der Waals surface area contributed by atoms with Crippen molar-refractivity contribution in [3.05, 3.63) is 23.9 Å². The van der Waals surface area contributed by atoms with Gasteiger partial charge in [-0.15, -0.1) is 0 Å². The van der Waals surface area contributed by atoms with Gasteiger partial charge in [-0.05, 0) is 24.5 Å². The number of nitrogens with zero attached hydrogens (tertiary/aromatic N) is 2. The summed E-state index contributed by atoms with van der Waals surface area (Å²) in [6.45, 7) is -2.58. The summed E-state index contributed by atoms with van der Waals surface area (Å²) in [5.74, 6) is 0.264. The van der Waals surface area contributed by atoms with Gasteiger partial charge in [0, 0.05) is 18.3 Å². The Morgan fingerprint density at radius 2 is 2.25 bits per heavy atom. The van der Waals surface area contributed by atoms with E-state index in [1.807, 2.05) is 0 Å². The van der Waals surface area contributed by atoms with Gasteiger partial charge in [-0.2, -0.15) is 8.78 Å². The predicted molar refractivity (Wildman–Crippen MR) is 71.6 cm³/mol. The molecule has 1 aromatic heterocycles. The SMILES string of the molecule is NC(=NCc1ccnc(OC(F)F)c1)NC1CCCC1. The predicted octanol–water partition coefficient (Wildman–Crippen LogP) is 2.03. The minimum Gasteiger partial charge on any atom is -0.417 e. The van der Waals surface area contributed by atoms with Crippen molar-refractivity contribution in [1.29, 1.82) is 0 Å². The maximum Gasteiger partial charge on any atom is 0.388 e. The van der Waals surface area contributed by atoms with Gasteiger partial charge < -0.3 is 15.8 Å². The molecule has 2 rings (SSSR count). The summed E-state index contributed by atoms with van der Waals surface area (Å²) >= 11 is 0. The van der Waals surface area contributed by atoms with Gasteiger partial charge in [0.1, 0.15) is 0 Å². The van der Waals surface area contributed by atoms with Crippen LogP contribution in [-0.4, -0.2) is 23.6 Å². The second kappa shape index (κ2) is 7.02. The van der Waals surface area contributed by atoms with Crippen LogP contribution in [0.5, 0.6) is 5.88 Å². The van der Waals surface area contributed by atoms with Gasteiger partial charge in [0.05, 0.1) is 6.54 Å². The Morgan fingerprint density at radius 1 is 1.50 bits per heavy atom. The van der Waals surface area contributed by atoms with E-state index in [9.17, 15) is 8.78 Å². The van der Waals surface area contributed by atoms with E-state index in [0.29, 0.717) is 24.1 Å². The fourth-order valence-electron chi connectivity index (χ4n) is 2.21. The molecule has 0 spiro atoms. The lowest BCUT2D eigenvalue weighted by Crippen LogP contribution is -2.38. The summed E-state index contributed by atoms with van der Waals surface area (Å²) in [5, 5.41) is 3.16. The molecule has 0 unspecified atom stereocenters. The number of guanidine groups is 1. The van der Waals surface area contributed by atoms with E-state index in [2.05, 4.69) is 20.0 Å². The van der Waals surface area contributed by atoms with Crippen molar-refractivity contribution in [1.82, 2.24) is 10.3 Å². The van der Waals surface area contributed by atoms with Crippen LogP contribution >= 0.6 is 0 Å². The van der Waals surface area contributed by atoms with Crippen LogP contribution in [0.4, 0.5) is 8.78 Å². The molecule has 1 aliphatic carbocycles. The molecule has 0 saturated heterocycles. The van der Waals surface area contributed by atoms with E-state index in [4.69, 9.17) is 5.73 Å². The van der Waals surface area contributed by atoms with Crippen molar-refractivity contribution in [3.63, 3.8) is 0 Å². The van der Waals surface area contributed by atoms with Crippen LogP contribution in [0.3, 0.4) is 0 Å². The molecular weight excluding hydrogens is 266 g/mol. The molecule has 0 aliphatic heterocycles. The number of hydrogen-bond acceptors (Lipinski definition) is 3. The molecule has 1 aromatic rings. The number of aliphatic imine (C=N–C) groups is 1. The van der Waals surface area contributed by atoms with E-state index >= 15 is 0 Å². The first kappa shape index (κ1) is 14.5. The standard InChI is InChI=1S/C13H18F2N4O/c14-12(15)20-11-7-9(5-6-17-11)8-18-13(16)19-10-3-1-2-4-10/h5-7,10,12H,1-4,8H2,(H3,16,18,19). The molecule has 1 heterocycles. The number of halogens is 2. The van der Waals surface area contributed by atoms with Crippen LogP contribution in [0.2, 0.25) is 0 Å². The number of alkyl halides is 2. The first-order chi connectivity index (χ1) is 9.63. The summed E-state index contributed by atoms with van der Waals surface area (Å²) in [6.07, 6.45) is 6.05. The lowest BCUT2D eigenvalue weighted by atomic mass is 10.2. The van der Waals surface area contributed by atoms with Crippen molar-refractivity contribution in [2.24, 2.45) is 10.7 Å². The Balaban J connectivity index is 1.88. The minimum atomic E-state index is -2.88. The van der Waals surface area contributed by atoms with Crippen LogP contribution in [0, 0.1) is 0 Å². The van der Waals surface area contributed by atoms with Gasteiger partial charge in [0.2, 0.25) is 5.88 Å². The number of ether oxygens (including phenoxy) is 1. The summed E-state index contributed by atoms with van der Waals surface area (Å²) in [7, 11) is 0. The van der Waals surface area contributed by atoms with Gasteiger partial charge in [0.25, 0.3) is 0 Å². The van der Waals surface area contributed by atoms with Crippen LogP contribution < -0.4 is 15.8 Å². The molecule has 0 atom stereocenters. The van der Waals surface area contributed by atoms with Crippen LogP contribution in [-0.2, 0) is 6.54 Å². The molecule has 0 amide bonds. The van der Waals surface area contributed by atoms with E-state index in [0.717, 1.165) is 12.8 Å². The maximum atomic E-state index is 12.1. The van der Waals surface area contributed by atoms with Crippen LogP contribution in [0.1, 0.15) is 31.2 Å². The molecule has 0 bridgehead atoms. The zero-order valence-electron chi connectivity index (χ0n) is 11.1. The zero-order chi connectivity index (χ0) is 14.4. The van der Waals surface area contributed by atoms with Crippen molar-refractivity contribution in [2.75, 3.05) is 0 Å². The van der Waals surface area contributed by atoms with Crippen molar-refractivity contribution >= 4 is 5.96 Å². The molecule has 1 saturated carbocycles. The zero-order valence-corrected chi connectivity index (χ0v) is 11.1. The van der Waals surface area contributed by atoms with Gasteiger partial charge in [-0.25, -0.2) is 9.98 Å². The highest BCUT2D eigenvalue weighted by atomic mass is 19.3. The molecule has 1 aliphatic rings. The molecular formula is C13H18F2N4O. The third-order valence-corrected chi connectivity index (χ3v) is 3.15. The van der Waals surface area contributed by atoms with E-state index < -0.39 is 6.61 Å². The Hall–Kier alpha value is -1.92. The number of aromatic nitrogens is 1. The molecule has 5 nitrogen and oxygen atoms in total. The highest BCUT2D eigenvalue weighted by Gasteiger charge is 2.14. The summed E-state index contributed by atoms with van der Waals surface area (Å²) < 4.78 is 28.4. The number of nitrogens with two attached hydrogens (primary N) is 1. The highest BCUT2D eigenvalue weighted by molar-refractivity contribution is 5.78. The molecule has 110 valence electrons. The molecule has 20 heavy (non-hydrogen) atoms. The third kappa shape index (κ3) is 4.64. The molecule has 0 aromatic carbocycles. The van der Waals surface area contributed by atoms with Crippen LogP contribution in [0.15, 0.2) is 23.3 Å². The van der Waals surface area contributed by atoms with Crippen LogP contribution in [0.25, 0.3) is 0 Å². The lowest BCUT2D eigenvalue weighted by Gasteiger charge is -2.12. The minimum absolute atomic E-state index is 0.116. The third-order valence-electron chi connectivity index (χ3n) is 3.15. The molecule has 7 heteroatoms. The molecule has 0 radical (unpaired) electrons. The van der Waals surface area contributed by atoms with Crippen molar-refractivity contribution in [3.8, 4) is 5.88 Å². The summed E-state index contributed by atoms with van der Waals surface area (Å²) in [5.41, 5.74) is 6.51. The number of pyridine rings is 1. The van der Waals surface area contributed by atoms with E-state index in [1.54, 1.807) is 6.07 Å². The normalized spacial score (nSPS) is 16.6. The summed E-state index contributed by atoms with van der Waals surface area (Å²) in [4.78, 5) is 7.88. The number of nitrogens with one attached hydrogen (secondary N) is 1. The molecule has 3 N–H and O–H groups in total. The average molecular weight is 284 g/mol. The van der Waals surface area contributed by atoms with E-state index in [-0.39, 0.29) is 5.88 Å². The summed E-state index contributed by atoms with van der Waals surface area (Å²) in [6, 6.07) is 3.51. The second-order valence-corrected chi connectivity index (χ2v) is 4.71. The Morgan fingerprint density at radius 3 is 2.95 bits per heavy atom. The first-order valence-electron chi connectivity index (χ1n) is 6.59. The Kier molecular flexibility index (Phi) is 5.09. The lowest BCUT2D eigenvalue weighted by molar-refractivity contribution is -0.0528. The monoisotopic (exact) mass is 284 g/mol. The highest BCUT2D eigenvalue weighted by Crippen LogP contribution is 2.17. The largest absolute Gasteiger partial charge is 0.417 e. The number of hydrogen-bond donors (Lipinski definition) is 2. The van der Waals surface area contributed by atoms with E-state index in [1.165, 1.54) is 25.1 Å². The molecule has 1 fully saturated rings. The van der Waals surface area contributed by atoms with Crippen molar-refractivity contribution in [2.45, 2.75) is 44.9 Å². The topological polar surface area (TPSA) is 72.5 Å². The fraction of sp³-hybridized carbons (Fsp3) is 0.538. The fourth-order valence-corrected chi connectivity index (χ4v) is 2.21. The van der Waals surface area contributed by atoms with Gasteiger partial charge in [-0.3, -0.25) is 0 Å². The smallest absolute Gasteiger partial charge is 0.388 e. The van der Waals surface area contributed by atoms with Gasteiger partial charge >= 0.3 is 6.61 Å². The second-order valence-electron chi connectivity index (χ2n) is 4.71. The average Bonchev–Trinajstić information content (AvgIpc) is 2.89. The Labute approximate surface area is 116 Å². The quantitative estimate of drug-likeness (QED) is 0.641. The van der Waals surface area contributed by atoms with Crippen molar-refractivity contribution < 1.29 is 13.5 Å². The van der Waals surface area contributed by atoms with Gasteiger partial charge in [-0.1, -0.05) is 12.8 Å². The van der Waals surface area contributed by atoms with Gasteiger partial charge in [0.15, 0.2) is 5.96 Å². The Bertz CT molecular complexity index is 461. The number of rotatable bonds is 5. The first-order valence-corrected chi connectivity index (χ1v) is 6.59. The maximum absolute atomic E-state index is 12.1.